The molecule has 3 heteroatoms. The SMILES string of the molecule is CCCCCCCCCCCCCCCC(=O)OCCCCCCCOCCCC. The first-order valence-electron chi connectivity index (χ1n) is 13.5. The summed E-state index contributed by atoms with van der Waals surface area (Å²) in [6.07, 6.45) is 26.1. The van der Waals surface area contributed by atoms with Gasteiger partial charge >= 0.3 is 5.97 Å². The summed E-state index contributed by atoms with van der Waals surface area (Å²) in [6.45, 7) is 6.87. The van der Waals surface area contributed by atoms with Crippen LogP contribution in [0.5, 0.6) is 0 Å². The normalized spacial score (nSPS) is 11.1. The van der Waals surface area contributed by atoms with Crippen molar-refractivity contribution in [2.75, 3.05) is 19.8 Å². The van der Waals surface area contributed by atoms with Crippen molar-refractivity contribution in [3.8, 4) is 0 Å². The lowest BCUT2D eigenvalue weighted by Crippen LogP contribution is -2.05. The van der Waals surface area contributed by atoms with Crippen LogP contribution in [0.15, 0.2) is 0 Å². The quantitative estimate of drug-likeness (QED) is 0.108. The molecule has 0 fully saturated rings. The van der Waals surface area contributed by atoms with Crippen LogP contribution in [0.2, 0.25) is 0 Å². The molecule has 0 bridgehead atoms. The van der Waals surface area contributed by atoms with Crippen molar-refractivity contribution in [2.24, 2.45) is 0 Å². The predicted octanol–water partition coefficient (Wildman–Crippen LogP) is 8.78. The molecule has 0 atom stereocenters. The summed E-state index contributed by atoms with van der Waals surface area (Å²) in [6, 6.07) is 0. The van der Waals surface area contributed by atoms with Crippen molar-refractivity contribution in [3.63, 3.8) is 0 Å². The van der Waals surface area contributed by atoms with Crippen LogP contribution >= 0.6 is 0 Å². The number of ether oxygens (including phenoxy) is 2. The number of carbonyl (C=O) groups is 1. The van der Waals surface area contributed by atoms with Gasteiger partial charge in [0.1, 0.15) is 0 Å². The molecule has 0 aromatic heterocycles. The summed E-state index contributed by atoms with van der Waals surface area (Å²) in [5, 5.41) is 0. The molecular formula is C27H54O3. The molecule has 0 spiro atoms. The topological polar surface area (TPSA) is 35.5 Å². The summed E-state index contributed by atoms with van der Waals surface area (Å²) in [7, 11) is 0. The third-order valence-electron chi connectivity index (χ3n) is 5.82. The van der Waals surface area contributed by atoms with E-state index in [1.165, 1.54) is 103 Å². The molecule has 0 heterocycles. The molecule has 3 nitrogen and oxygen atoms in total. The number of unbranched alkanes of at least 4 members (excludes halogenated alkanes) is 17. The maximum atomic E-state index is 11.8. The lowest BCUT2D eigenvalue weighted by atomic mass is 10.0. The van der Waals surface area contributed by atoms with Crippen LogP contribution in [-0.2, 0) is 14.3 Å². The molecule has 0 amide bonds. The monoisotopic (exact) mass is 426 g/mol. The fraction of sp³-hybridized carbons (Fsp3) is 0.963. The molecular weight excluding hydrogens is 372 g/mol. The minimum atomic E-state index is 0.00222. The van der Waals surface area contributed by atoms with Crippen molar-refractivity contribution >= 4 is 5.97 Å². The van der Waals surface area contributed by atoms with Gasteiger partial charge < -0.3 is 9.47 Å². The first-order chi connectivity index (χ1) is 14.8. The third kappa shape index (κ3) is 25.5. The highest BCUT2D eigenvalue weighted by Gasteiger charge is 2.02. The Labute approximate surface area is 189 Å². The largest absolute Gasteiger partial charge is 0.466 e. The van der Waals surface area contributed by atoms with Crippen molar-refractivity contribution in [3.05, 3.63) is 0 Å². The molecule has 0 aliphatic carbocycles. The molecule has 0 aromatic rings. The van der Waals surface area contributed by atoms with Crippen LogP contribution in [0.1, 0.15) is 149 Å². The Morgan fingerprint density at radius 2 is 0.867 bits per heavy atom. The van der Waals surface area contributed by atoms with Crippen LogP contribution in [-0.4, -0.2) is 25.8 Å². The van der Waals surface area contributed by atoms with Gasteiger partial charge in [-0.05, 0) is 25.7 Å². The second-order valence-electron chi connectivity index (χ2n) is 8.95. The minimum absolute atomic E-state index is 0.00222. The van der Waals surface area contributed by atoms with Crippen LogP contribution in [0, 0.1) is 0 Å². The Kier molecular flexibility index (Phi) is 26.0. The number of carbonyl (C=O) groups excluding carboxylic acids is 1. The zero-order chi connectivity index (χ0) is 22.0. The smallest absolute Gasteiger partial charge is 0.305 e. The van der Waals surface area contributed by atoms with Crippen molar-refractivity contribution < 1.29 is 14.3 Å². The van der Waals surface area contributed by atoms with E-state index in [1.807, 2.05) is 0 Å². The van der Waals surface area contributed by atoms with E-state index < -0.39 is 0 Å². The van der Waals surface area contributed by atoms with E-state index in [0.717, 1.165) is 38.9 Å². The minimum Gasteiger partial charge on any atom is -0.466 e. The average molecular weight is 427 g/mol. The van der Waals surface area contributed by atoms with Gasteiger partial charge in [-0.1, -0.05) is 117 Å². The van der Waals surface area contributed by atoms with Gasteiger partial charge in [0.15, 0.2) is 0 Å². The summed E-state index contributed by atoms with van der Waals surface area (Å²) in [4.78, 5) is 11.8. The highest BCUT2D eigenvalue weighted by Crippen LogP contribution is 2.13. The first kappa shape index (κ1) is 29.4. The van der Waals surface area contributed by atoms with Gasteiger partial charge in [-0.2, -0.15) is 0 Å². The van der Waals surface area contributed by atoms with Crippen molar-refractivity contribution in [2.45, 2.75) is 149 Å². The summed E-state index contributed by atoms with van der Waals surface area (Å²) in [5.41, 5.74) is 0. The number of hydrogen-bond acceptors (Lipinski definition) is 3. The maximum Gasteiger partial charge on any atom is 0.305 e. The van der Waals surface area contributed by atoms with Gasteiger partial charge in [-0.15, -0.1) is 0 Å². The van der Waals surface area contributed by atoms with Crippen molar-refractivity contribution in [1.82, 2.24) is 0 Å². The Morgan fingerprint density at radius 3 is 1.40 bits per heavy atom. The van der Waals surface area contributed by atoms with Gasteiger partial charge in [0.25, 0.3) is 0 Å². The standard InChI is InChI=1S/C27H54O3/c1-3-5-7-8-9-10-11-12-13-14-15-17-20-23-27(28)30-26-22-19-16-18-21-25-29-24-6-4-2/h3-26H2,1-2H3. The maximum absolute atomic E-state index is 11.8. The fourth-order valence-corrected chi connectivity index (χ4v) is 3.73. The molecule has 0 saturated carbocycles. The van der Waals surface area contributed by atoms with Gasteiger partial charge in [0.2, 0.25) is 0 Å². The van der Waals surface area contributed by atoms with Gasteiger partial charge in [0.05, 0.1) is 6.61 Å². The Bertz CT molecular complexity index is 330. The van der Waals surface area contributed by atoms with Gasteiger partial charge in [-0.3, -0.25) is 4.79 Å². The van der Waals surface area contributed by atoms with Crippen LogP contribution in [0.25, 0.3) is 0 Å². The Balaban J connectivity index is 3.13. The molecule has 180 valence electrons. The van der Waals surface area contributed by atoms with Gasteiger partial charge in [-0.25, -0.2) is 0 Å². The third-order valence-corrected chi connectivity index (χ3v) is 5.82. The summed E-state index contributed by atoms with van der Waals surface area (Å²) >= 11 is 0. The number of esters is 1. The highest BCUT2D eigenvalue weighted by molar-refractivity contribution is 5.69. The molecule has 0 aliphatic heterocycles. The van der Waals surface area contributed by atoms with Crippen LogP contribution in [0.4, 0.5) is 0 Å². The van der Waals surface area contributed by atoms with E-state index in [1.54, 1.807) is 0 Å². The first-order valence-corrected chi connectivity index (χ1v) is 13.5. The summed E-state index contributed by atoms with van der Waals surface area (Å²) < 4.78 is 10.9. The molecule has 0 radical (unpaired) electrons. The highest BCUT2D eigenvalue weighted by atomic mass is 16.5. The van der Waals surface area contributed by atoms with Crippen molar-refractivity contribution in [1.29, 1.82) is 0 Å². The zero-order valence-corrected chi connectivity index (χ0v) is 20.7. The molecule has 0 unspecified atom stereocenters. The average Bonchev–Trinajstić information content (AvgIpc) is 2.75. The molecule has 0 N–H and O–H groups in total. The molecule has 0 aromatic carbocycles. The van der Waals surface area contributed by atoms with E-state index in [0.29, 0.717) is 13.0 Å². The summed E-state index contributed by atoms with van der Waals surface area (Å²) in [5.74, 6) is 0.00222. The van der Waals surface area contributed by atoms with E-state index in [-0.39, 0.29) is 5.97 Å². The predicted molar refractivity (Wildman–Crippen MR) is 130 cm³/mol. The van der Waals surface area contributed by atoms with Crippen LogP contribution < -0.4 is 0 Å². The lowest BCUT2D eigenvalue weighted by Gasteiger charge is -2.06. The van der Waals surface area contributed by atoms with E-state index in [2.05, 4.69) is 13.8 Å². The molecule has 0 rings (SSSR count). The molecule has 30 heavy (non-hydrogen) atoms. The zero-order valence-electron chi connectivity index (χ0n) is 20.7. The fourth-order valence-electron chi connectivity index (χ4n) is 3.73. The Morgan fingerprint density at radius 1 is 0.467 bits per heavy atom. The molecule has 0 aliphatic rings. The lowest BCUT2D eigenvalue weighted by molar-refractivity contribution is -0.143. The number of rotatable bonds is 25. The molecule has 0 saturated heterocycles. The second-order valence-corrected chi connectivity index (χ2v) is 8.95. The number of hydrogen-bond donors (Lipinski definition) is 0. The van der Waals surface area contributed by atoms with E-state index in [9.17, 15) is 4.79 Å². The van der Waals surface area contributed by atoms with E-state index >= 15 is 0 Å². The van der Waals surface area contributed by atoms with Crippen LogP contribution in [0.3, 0.4) is 0 Å². The second kappa shape index (κ2) is 26.5. The van der Waals surface area contributed by atoms with E-state index in [4.69, 9.17) is 9.47 Å². The Hall–Kier alpha value is -0.570. The van der Waals surface area contributed by atoms with Gasteiger partial charge in [0, 0.05) is 19.6 Å².